The highest BCUT2D eigenvalue weighted by Gasteiger charge is 2.47. The van der Waals surface area contributed by atoms with Gasteiger partial charge in [0.15, 0.2) is 0 Å². The number of rotatable bonds is 3. The number of phenols is 1. The number of nitrogens with one attached hydrogen (secondary N) is 1. The van der Waals surface area contributed by atoms with Crippen LogP contribution in [-0.2, 0) is 15.3 Å². The predicted molar refractivity (Wildman–Crippen MR) is 104 cm³/mol. The molecule has 0 spiro atoms. The third kappa shape index (κ3) is 4.28. The maximum absolute atomic E-state index is 14.4. The average molecular weight is 447 g/mol. The first-order valence-electron chi connectivity index (χ1n) is 8.74. The second-order valence-corrected chi connectivity index (χ2v) is 9.83. The molecule has 0 heterocycles. The average Bonchev–Trinajstić information content (AvgIpc) is 2.58. The Labute approximate surface area is 171 Å². The molecule has 2 rings (SSSR count). The van der Waals surface area contributed by atoms with Crippen molar-refractivity contribution in [1.29, 1.82) is 0 Å². The van der Waals surface area contributed by atoms with E-state index in [0.29, 0.717) is 6.07 Å². The minimum absolute atomic E-state index is 0.0153. The minimum atomic E-state index is -5.54. The summed E-state index contributed by atoms with van der Waals surface area (Å²) in [6.07, 6.45) is 0. The van der Waals surface area contributed by atoms with Gasteiger partial charge >= 0.3 is 5.51 Å². The SMILES string of the molecule is Cc1cc(S(=O)(=O)C(F)(F)F)ccc1NC(=O)c1c(C)c(F)cc(C(C)(C)C)c1O. The van der Waals surface area contributed by atoms with Crippen LogP contribution < -0.4 is 5.32 Å². The molecule has 0 aliphatic rings. The van der Waals surface area contributed by atoms with Crippen LogP contribution in [0.3, 0.4) is 0 Å². The molecule has 0 radical (unpaired) electrons. The van der Waals surface area contributed by atoms with Crippen molar-refractivity contribution in [3.05, 3.63) is 52.3 Å². The van der Waals surface area contributed by atoms with Gasteiger partial charge < -0.3 is 10.4 Å². The number of aryl methyl sites for hydroxylation is 1. The van der Waals surface area contributed by atoms with E-state index in [9.17, 15) is 35.9 Å². The second kappa shape index (κ2) is 7.57. The van der Waals surface area contributed by atoms with Crippen LogP contribution in [0.5, 0.6) is 5.75 Å². The molecular formula is C20H21F4NO4S. The first-order chi connectivity index (χ1) is 13.5. The zero-order valence-electron chi connectivity index (χ0n) is 16.9. The summed E-state index contributed by atoms with van der Waals surface area (Å²) in [5.74, 6) is -2.00. The number of hydrogen-bond donors (Lipinski definition) is 2. The fourth-order valence-corrected chi connectivity index (χ4v) is 3.69. The molecule has 0 aromatic heterocycles. The number of amides is 1. The molecule has 2 N–H and O–H groups in total. The van der Waals surface area contributed by atoms with Gasteiger partial charge in [-0.2, -0.15) is 13.2 Å². The summed E-state index contributed by atoms with van der Waals surface area (Å²) in [5.41, 5.74) is -6.29. The number of carbonyl (C=O) groups excluding carboxylic acids is 1. The maximum atomic E-state index is 14.4. The van der Waals surface area contributed by atoms with Crippen molar-refractivity contribution >= 4 is 21.4 Å². The van der Waals surface area contributed by atoms with Crippen LogP contribution in [0.2, 0.25) is 0 Å². The van der Waals surface area contributed by atoms with E-state index in [4.69, 9.17) is 0 Å². The molecule has 0 aliphatic heterocycles. The van der Waals surface area contributed by atoms with Gasteiger partial charge in [0.2, 0.25) is 0 Å². The maximum Gasteiger partial charge on any atom is 0.501 e. The van der Waals surface area contributed by atoms with E-state index in [1.54, 1.807) is 20.8 Å². The lowest BCUT2D eigenvalue weighted by molar-refractivity contribution is -0.0436. The lowest BCUT2D eigenvalue weighted by Gasteiger charge is -2.23. The fourth-order valence-electron chi connectivity index (χ4n) is 2.85. The summed E-state index contributed by atoms with van der Waals surface area (Å²) in [4.78, 5) is 11.8. The molecule has 1 amide bonds. The molecule has 2 aromatic carbocycles. The van der Waals surface area contributed by atoms with Crippen molar-refractivity contribution in [1.82, 2.24) is 0 Å². The lowest BCUT2D eigenvalue weighted by Crippen LogP contribution is -2.23. The Morgan fingerprint density at radius 1 is 1.07 bits per heavy atom. The number of aromatic hydroxyl groups is 1. The summed E-state index contributed by atoms with van der Waals surface area (Å²) in [5, 5.41) is 12.9. The standard InChI is InChI=1S/C20H21F4NO4S/c1-10-8-12(30(28,29)20(22,23)24)6-7-15(10)25-18(27)16-11(2)14(21)9-13(17(16)26)19(3,4)5/h6-9,26H,1-5H3,(H,25,27). The second-order valence-electron chi connectivity index (χ2n) is 7.88. The number of halogens is 4. The molecule has 164 valence electrons. The van der Waals surface area contributed by atoms with Crippen LogP contribution in [0.25, 0.3) is 0 Å². The molecule has 0 atom stereocenters. The van der Waals surface area contributed by atoms with E-state index in [1.807, 2.05) is 0 Å². The summed E-state index contributed by atoms with van der Waals surface area (Å²) < 4.78 is 75.6. The smallest absolute Gasteiger partial charge is 0.501 e. The van der Waals surface area contributed by atoms with Gasteiger partial charge in [-0.25, -0.2) is 12.8 Å². The number of sulfone groups is 1. The fraction of sp³-hybridized carbons (Fsp3) is 0.350. The normalized spacial score (nSPS) is 12.7. The van der Waals surface area contributed by atoms with Gasteiger partial charge in [0.05, 0.1) is 10.5 Å². The number of carbonyl (C=O) groups is 1. The van der Waals surface area contributed by atoms with E-state index in [2.05, 4.69) is 5.32 Å². The third-order valence-electron chi connectivity index (χ3n) is 4.59. The Morgan fingerprint density at radius 2 is 1.63 bits per heavy atom. The van der Waals surface area contributed by atoms with E-state index in [1.165, 1.54) is 13.8 Å². The Kier molecular flexibility index (Phi) is 5.97. The third-order valence-corrected chi connectivity index (χ3v) is 6.08. The Morgan fingerprint density at radius 3 is 2.10 bits per heavy atom. The van der Waals surface area contributed by atoms with Crippen LogP contribution in [0.1, 0.15) is 47.8 Å². The van der Waals surface area contributed by atoms with Crippen LogP contribution >= 0.6 is 0 Å². The molecule has 0 saturated carbocycles. The summed E-state index contributed by atoms with van der Waals surface area (Å²) in [7, 11) is -5.54. The molecule has 0 fully saturated rings. The minimum Gasteiger partial charge on any atom is -0.507 e. The van der Waals surface area contributed by atoms with Crippen LogP contribution in [0.15, 0.2) is 29.2 Å². The molecule has 5 nitrogen and oxygen atoms in total. The highest BCUT2D eigenvalue weighted by molar-refractivity contribution is 7.92. The van der Waals surface area contributed by atoms with Gasteiger partial charge in [0.1, 0.15) is 11.6 Å². The number of hydrogen-bond acceptors (Lipinski definition) is 4. The number of phenolic OH excluding ortho intramolecular Hbond substituents is 1. The van der Waals surface area contributed by atoms with Crippen molar-refractivity contribution in [2.45, 2.75) is 50.4 Å². The molecule has 0 bridgehead atoms. The van der Waals surface area contributed by atoms with Gasteiger partial charge in [-0.05, 0) is 49.1 Å². The summed E-state index contributed by atoms with van der Waals surface area (Å²) in [6, 6.07) is 3.63. The first kappa shape index (κ1) is 23.7. The van der Waals surface area contributed by atoms with Crippen molar-refractivity contribution in [2.24, 2.45) is 0 Å². The van der Waals surface area contributed by atoms with Gasteiger partial charge in [0, 0.05) is 16.8 Å². The molecular weight excluding hydrogens is 426 g/mol. The molecule has 10 heteroatoms. The Hall–Kier alpha value is -2.62. The Bertz CT molecular complexity index is 1120. The quantitative estimate of drug-likeness (QED) is 0.650. The molecule has 0 saturated heterocycles. The zero-order chi connectivity index (χ0) is 23.2. The van der Waals surface area contributed by atoms with Gasteiger partial charge in [0.25, 0.3) is 15.7 Å². The van der Waals surface area contributed by atoms with E-state index in [0.717, 1.165) is 18.2 Å². The number of benzene rings is 2. The van der Waals surface area contributed by atoms with E-state index >= 15 is 0 Å². The molecule has 0 unspecified atom stereocenters. The largest absolute Gasteiger partial charge is 0.507 e. The lowest BCUT2D eigenvalue weighted by atomic mass is 9.84. The monoisotopic (exact) mass is 447 g/mol. The molecule has 2 aromatic rings. The molecule has 30 heavy (non-hydrogen) atoms. The Balaban J connectivity index is 2.49. The van der Waals surface area contributed by atoms with Crippen molar-refractivity contribution in [2.75, 3.05) is 5.32 Å². The van der Waals surface area contributed by atoms with Gasteiger partial charge in [-0.15, -0.1) is 0 Å². The van der Waals surface area contributed by atoms with Crippen molar-refractivity contribution in [3.63, 3.8) is 0 Å². The zero-order valence-corrected chi connectivity index (χ0v) is 17.7. The highest BCUT2D eigenvalue weighted by Crippen LogP contribution is 2.37. The number of alkyl halides is 3. The van der Waals surface area contributed by atoms with Crippen molar-refractivity contribution < 1.29 is 35.9 Å². The van der Waals surface area contributed by atoms with Crippen LogP contribution in [0, 0.1) is 19.7 Å². The highest BCUT2D eigenvalue weighted by atomic mass is 32.2. The van der Waals surface area contributed by atoms with E-state index < -0.39 is 43.1 Å². The topological polar surface area (TPSA) is 83.5 Å². The molecule has 0 aliphatic carbocycles. The summed E-state index contributed by atoms with van der Waals surface area (Å²) >= 11 is 0. The van der Waals surface area contributed by atoms with Crippen LogP contribution in [-0.4, -0.2) is 24.9 Å². The predicted octanol–water partition coefficient (Wildman–Crippen LogP) is 4.99. The van der Waals surface area contributed by atoms with E-state index in [-0.39, 0.29) is 27.9 Å². The van der Waals surface area contributed by atoms with Gasteiger partial charge in [-0.1, -0.05) is 20.8 Å². The van der Waals surface area contributed by atoms with Crippen LogP contribution in [0.4, 0.5) is 23.2 Å². The van der Waals surface area contributed by atoms with Crippen molar-refractivity contribution in [3.8, 4) is 5.75 Å². The number of anilines is 1. The van der Waals surface area contributed by atoms with Gasteiger partial charge in [-0.3, -0.25) is 4.79 Å². The summed E-state index contributed by atoms with van der Waals surface area (Å²) in [6.45, 7) is 7.79. The first-order valence-corrected chi connectivity index (χ1v) is 10.2.